The Morgan fingerprint density at radius 1 is 1.31 bits per heavy atom. The fourth-order valence-electron chi connectivity index (χ4n) is 1.24. The molecule has 16 heavy (non-hydrogen) atoms. The van der Waals surface area contributed by atoms with Crippen molar-refractivity contribution in [1.29, 1.82) is 0 Å². The van der Waals surface area contributed by atoms with Crippen LogP contribution in [0.1, 0.15) is 20.3 Å². The third-order valence-corrected chi connectivity index (χ3v) is 3.50. The van der Waals surface area contributed by atoms with E-state index in [1.54, 1.807) is 4.90 Å². The van der Waals surface area contributed by atoms with Gasteiger partial charge in [0.2, 0.25) is 15.9 Å². The summed E-state index contributed by atoms with van der Waals surface area (Å²) >= 11 is 0. The lowest BCUT2D eigenvalue weighted by atomic mass is 10.3. The van der Waals surface area contributed by atoms with E-state index in [1.807, 2.05) is 13.8 Å². The fraction of sp³-hybridized carbons (Fsp3) is 0.889. The van der Waals surface area contributed by atoms with Crippen LogP contribution in [-0.2, 0) is 14.8 Å². The van der Waals surface area contributed by atoms with Crippen molar-refractivity contribution in [3.05, 3.63) is 0 Å². The lowest BCUT2D eigenvalue weighted by Crippen LogP contribution is -2.35. The van der Waals surface area contributed by atoms with Gasteiger partial charge in [-0.1, -0.05) is 0 Å². The van der Waals surface area contributed by atoms with Crippen molar-refractivity contribution in [2.24, 2.45) is 0 Å². The number of amides is 1. The molecule has 0 atom stereocenters. The molecule has 0 aliphatic heterocycles. The zero-order valence-corrected chi connectivity index (χ0v) is 10.6. The van der Waals surface area contributed by atoms with E-state index in [4.69, 9.17) is 5.11 Å². The minimum Gasteiger partial charge on any atom is -0.395 e. The highest BCUT2D eigenvalue weighted by atomic mass is 32.2. The summed E-state index contributed by atoms with van der Waals surface area (Å²) in [5.74, 6) is -0.399. The van der Waals surface area contributed by atoms with Gasteiger partial charge in [0, 0.05) is 26.1 Å². The van der Waals surface area contributed by atoms with E-state index >= 15 is 0 Å². The highest BCUT2D eigenvalue weighted by molar-refractivity contribution is 7.89. The molecular formula is C9H20N2O4S. The summed E-state index contributed by atoms with van der Waals surface area (Å²) < 4.78 is 24.5. The number of aliphatic hydroxyl groups is 1. The van der Waals surface area contributed by atoms with Gasteiger partial charge in [-0.3, -0.25) is 4.79 Å². The molecule has 0 radical (unpaired) electrons. The summed E-state index contributed by atoms with van der Waals surface area (Å²) in [4.78, 5) is 13.1. The molecule has 7 heteroatoms. The maximum Gasteiger partial charge on any atom is 0.223 e. The third kappa shape index (κ3) is 6.04. The first-order chi connectivity index (χ1) is 7.46. The van der Waals surface area contributed by atoms with Gasteiger partial charge in [0.05, 0.1) is 12.4 Å². The van der Waals surface area contributed by atoms with Gasteiger partial charge in [-0.25, -0.2) is 13.1 Å². The Bertz CT molecular complexity index is 299. The van der Waals surface area contributed by atoms with Gasteiger partial charge in [0.1, 0.15) is 0 Å². The predicted molar refractivity (Wildman–Crippen MR) is 61.4 cm³/mol. The Kier molecular flexibility index (Phi) is 7.27. The number of sulfonamides is 1. The molecule has 0 aromatic rings. The molecule has 0 unspecified atom stereocenters. The zero-order valence-electron chi connectivity index (χ0n) is 9.77. The van der Waals surface area contributed by atoms with Crippen molar-refractivity contribution in [3.8, 4) is 0 Å². The molecule has 0 rings (SSSR count). The lowest BCUT2D eigenvalue weighted by molar-refractivity contribution is -0.130. The van der Waals surface area contributed by atoms with Crippen LogP contribution in [0.15, 0.2) is 0 Å². The summed E-state index contributed by atoms with van der Waals surface area (Å²) in [6, 6.07) is 0. The number of nitrogens with one attached hydrogen (secondary N) is 1. The summed E-state index contributed by atoms with van der Waals surface area (Å²) in [7, 11) is -3.44. The number of aliphatic hydroxyl groups excluding tert-OH is 1. The van der Waals surface area contributed by atoms with E-state index in [-0.39, 0.29) is 24.6 Å². The summed E-state index contributed by atoms with van der Waals surface area (Å²) in [6.45, 7) is 4.66. The van der Waals surface area contributed by atoms with Crippen LogP contribution in [0.2, 0.25) is 0 Å². The van der Waals surface area contributed by atoms with Crippen LogP contribution in [0.25, 0.3) is 0 Å². The minimum atomic E-state index is -3.44. The van der Waals surface area contributed by atoms with Crippen molar-refractivity contribution < 1.29 is 18.3 Å². The molecule has 0 spiro atoms. The first kappa shape index (κ1) is 15.3. The first-order valence-corrected chi connectivity index (χ1v) is 6.98. The minimum absolute atomic E-state index is 0.0725. The lowest BCUT2D eigenvalue weighted by Gasteiger charge is -2.18. The van der Waals surface area contributed by atoms with E-state index in [1.165, 1.54) is 0 Å². The van der Waals surface area contributed by atoms with Crippen LogP contribution in [0.4, 0.5) is 0 Å². The molecule has 0 saturated carbocycles. The normalized spacial score (nSPS) is 11.4. The average Bonchev–Trinajstić information content (AvgIpc) is 2.19. The molecule has 0 fully saturated rings. The number of carbonyl (C=O) groups is 1. The maximum atomic E-state index is 11.5. The molecule has 2 N–H and O–H groups in total. The highest BCUT2D eigenvalue weighted by Gasteiger charge is 2.12. The Balaban J connectivity index is 3.94. The van der Waals surface area contributed by atoms with Gasteiger partial charge >= 0.3 is 0 Å². The predicted octanol–water partition coefficient (Wildman–Crippen LogP) is -0.843. The van der Waals surface area contributed by atoms with Gasteiger partial charge < -0.3 is 10.0 Å². The highest BCUT2D eigenvalue weighted by Crippen LogP contribution is 1.93. The molecule has 0 saturated heterocycles. The average molecular weight is 252 g/mol. The SMILES string of the molecule is CCN(CC)C(=O)CCNS(=O)(=O)CCO. The summed E-state index contributed by atoms with van der Waals surface area (Å²) in [5.41, 5.74) is 0. The van der Waals surface area contributed by atoms with Gasteiger partial charge in [0.25, 0.3) is 0 Å². The van der Waals surface area contributed by atoms with Crippen LogP contribution in [0, 0.1) is 0 Å². The van der Waals surface area contributed by atoms with Gasteiger partial charge in [-0.05, 0) is 13.8 Å². The monoisotopic (exact) mass is 252 g/mol. The Hall–Kier alpha value is -0.660. The van der Waals surface area contributed by atoms with Crippen molar-refractivity contribution >= 4 is 15.9 Å². The van der Waals surface area contributed by atoms with E-state index < -0.39 is 16.6 Å². The summed E-state index contributed by atoms with van der Waals surface area (Å²) in [6.07, 6.45) is 0.145. The number of carbonyl (C=O) groups excluding carboxylic acids is 1. The van der Waals surface area contributed by atoms with Crippen molar-refractivity contribution in [1.82, 2.24) is 9.62 Å². The van der Waals surface area contributed by atoms with Crippen LogP contribution in [0.5, 0.6) is 0 Å². The molecule has 0 aromatic carbocycles. The zero-order chi connectivity index (χ0) is 12.6. The number of rotatable bonds is 8. The molecule has 0 aromatic heterocycles. The molecule has 6 nitrogen and oxygen atoms in total. The molecule has 96 valence electrons. The Labute approximate surface area is 96.7 Å². The van der Waals surface area contributed by atoms with Crippen molar-refractivity contribution in [2.45, 2.75) is 20.3 Å². The van der Waals surface area contributed by atoms with Crippen molar-refractivity contribution in [2.75, 3.05) is 32.0 Å². The van der Waals surface area contributed by atoms with Crippen LogP contribution in [0.3, 0.4) is 0 Å². The maximum absolute atomic E-state index is 11.5. The van der Waals surface area contributed by atoms with Gasteiger partial charge in [-0.2, -0.15) is 0 Å². The largest absolute Gasteiger partial charge is 0.395 e. The topological polar surface area (TPSA) is 86.7 Å². The number of hydrogen-bond acceptors (Lipinski definition) is 4. The second-order valence-electron chi connectivity index (χ2n) is 3.25. The number of nitrogens with zero attached hydrogens (tertiary/aromatic N) is 1. The second-order valence-corrected chi connectivity index (χ2v) is 5.18. The molecule has 0 bridgehead atoms. The second kappa shape index (κ2) is 7.59. The molecule has 1 amide bonds. The first-order valence-electron chi connectivity index (χ1n) is 5.32. The van der Waals surface area contributed by atoms with Crippen LogP contribution >= 0.6 is 0 Å². The molecule has 0 heterocycles. The fourth-order valence-corrected chi connectivity index (χ4v) is 2.04. The van der Waals surface area contributed by atoms with Crippen LogP contribution in [-0.4, -0.2) is 56.3 Å². The smallest absolute Gasteiger partial charge is 0.223 e. The third-order valence-electron chi connectivity index (χ3n) is 2.14. The quantitative estimate of drug-likeness (QED) is 0.589. The van der Waals surface area contributed by atoms with Gasteiger partial charge in [0.15, 0.2) is 0 Å². The molecular weight excluding hydrogens is 232 g/mol. The summed E-state index contributed by atoms with van der Waals surface area (Å²) in [5, 5.41) is 8.48. The molecule has 0 aliphatic carbocycles. The van der Waals surface area contributed by atoms with Crippen molar-refractivity contribution in [3.63, 3.8) is 0 Å². The van der Waals surface area contributed by atoms with E-state index in [0.29, 0.717) is 13.1 Å². The standard InChI is InChI=1S/C9H20N2O4S/c1-3-11(4-2)9(13)5-6-10-16(14,15)8-7-12/h10,12H,3-8H2,1-2H3. The van der Waals surface area contributed by atoms with E-state index in [2.05, 4.69) is 4.72 Å². The Morgan fingerprint density at radius 3 is 2.31 bits per heavy atom. The van der Waals surface area contributed by atoms with Gasteiger partial charge in [-0.15, -0.1) is 0 Å². The number of hydrogen-bond donors (Lipinski definition) is 2. The Morgan fingerprint density at radius 2 is 1.88 bits per heavy atom. The molecule has 0 aliphatic rings. The van der Waals surface area contributed by atoms with Crippen LogP contribution < -0.4 is 4.72 Å². The van der Waals surface area contributed by atoms with E-state index in [0.717, 1.165) is 0 Å². The van der Waals surface area contributed by atoms with E-state index in [9.17, 15) is 13.2 Å².